The highest BCUT2D eigenvalue weighted by molar-refractivity contribution is 5.90. The third-order valence-electron chi connectivity index (χ3n) is 7.46. The van der Waals surface area contributed by atoms with Crippen LogP contribution in [0.1, 0.15) is 76.2 Å². The van der Waals surface area contributed by atoms with Gasteiger partial charge in [-0.3, -0.25) is 4.79 Å². The standard InChI is InChI=1S/C25H34O4/c1-16-8-11-22-24(3,4)12-7-13-25(22,5)20(16)15-19-14-18(23(27)28-6)9-10-21(19)29-17(2)26/h8-10,14,20,22H,7,11-13,15H2,1-6H3/t20-,22-,25+/m0/s1. The molecule has 2 aliphatic carbocycles. The predicted molar refractivity (Wildman–Crippen MR) is 114 cm³/mol. The number of benzene rings is 1. The lowest BCUT2D eigenvalue weighted by Crippen LogP contribution is -2.49. The van der Waals surface area contributed by atoms with E-state index in [1.165, 1.54) is 38.9 Å². The highest BCUT2D eigenvalue weighted by Crippen LogP contribution is 2.60. The third-order valence-corrected chi connectivity index (χ3v) is 7.46. The van der Waals surface area contributed by atoms with Crippen LogP contribution in [0.25, 0.3) is 0 Å². The van der Waals surface area contributed by atoms with Crippen LogP contribution in [0.5, 0.6) is 5.75 Å². The maximum atomic E-state index is 12.1. The lowest BCUT2D eigenvalue weighted by molar-refractivity contribution is -0.131. The Morgan fingerprint density at radius 3 is 2.55 bits per heavy atom. The van der Waals surface area contributed by atoms with Crippen LogP contribution in [-0.2, 0) is 16.0 Å². The number of rotatable bonds is 4. The molecule has 4 nitrogen and oxygen atoms in total. The average molecular weight is 399 g/mol. The summed E-state index contributed by atoms with van der Waals surface area (Å²) in [5.41, 5.74) is 3.29. The molecule has 1 fully saturated rings. The second-order valence-electron chi connectivity index (χ2n) is 9.75. The Hall–Kier alpha value is -2.10. The number of allylic oxidation sites excluding steroid dienone is 2. The summed E-state index contributed by atoms with van der Waals surface area (Å²) in [6.07, 6.45) is 7.99. The van der Waals surface area contributed by atoms with Crippen LogP contribution in [0.4, 0.5) is 0 Å². The van der Waals surface area contributed by atoms with Crippen molar-refractivity contribution < 1.29 is 19.1 Å². The Bertz CT molecular complexity index is 835. The minimum absolute atomic E-state index is 0.190. The first-order valence-corrected chi connectivity index (χ1v) is 10.6. The van der Waals surface area contributed by atoms with Crippen LogP contribution in [0.3, 0.4) is 0 Å². The maximum absolute atomic E-state index is 12.1. The number of carbonyl (C=O) groups excluding carboxylic acids is 2. The van der Waals surface area contributed by atoms with Gasteiger partial charge in [0.1, 0.15) is 5.75 Å². The lowest BCUT2D eigenvalue weighted by Gasteiger charge is -2.57. The molecule has 1 aromatic rings. The molecule has 158 valence electrons. The summed E-state index contributed by atoms with van der Waals surface area (Å²) in [4.78, 5) is 23.7. The highest BCUT2D eigenvalue weighted by atomic mass is 16.5. The minimum Gasteiger partial charge on any atom is -0.465 e. The molecule has 0 spiro atoms. The number of carbonyl (C=O) groups is 2. The van der Waals surface area contributed by atoms with Gasteiger partial charge in [0.15, 0.2) is 0 Å². The smallest absolute Gasteiger partial charge is 0.337 e. The molecule has 1 saturated carbocycles. The van der Waals surface area contributed by atoms with E-state index in [9.17, 15) is 9.59 Å². The van der Waals surface area contributed by atoms with Crippen molar-refractivity contribution in [1.82, 2.24) is 0 Å². The van der Waals surface area contributed by atoms with E-state index in [-0.39, 0.29) is 17.4 Å². The number of hydrogen-bond acceptors (Lipinski definition) is 4. The molecule has 0 radical (unpaired) electrons. The van der Waals surface area contributed by atoms with E-state index in [1.807, 2.05) is 6.07 Å². The molecule has 0 saturated heterocycles. The first-order chi connectivity index (χ1) is 13.6. The number of fused-ring (bicyclic) bond motifs is 1. The normalized spacial score (nSPS) is 28.1. The Labute approximate surface area is 174 Å². The molecule has 0 bridgehead atoms. The molecule has 3 atom stereocenters. The molecule has 29 heavy (non-hydrogen) atoms. The average Bonchev–Trinajstić information content (AvgIpc) is 2.64. The minimum atomic E-state index is -0.376. The SMILES string of the molecule is COC(=O)c1ccc(OC(C)=O)c(C[C@H]2C(C)=CC[C@H]3C(C)(C)CCC[C@]23C)c1. The van der Waals surface area contributed by atoms with Crippen molar-refractivity contribution in [2.75, 3.05) is 7.11 Å². The molecule has 3 rings (SSSR count). The number of methoxy groups -OCH3 is 1. The van der Waals surface area contributed by atoms with Gasteiger partial charge in [0.25, 0.3) is 0 Å². The van der Waals surface area contributed by atoms with Gasteiger partial charge in [-0.05, 0) is 79.0 Å². The topological polar surface area (TPSA) is 52.6 Å². The van der Waals surface area contributed by atoms with Crippen LogP contribution >= 0.6 is 0 Å². The Kier molecular flexibility index (Phi) is 5.93. The summed E-state index contributed by atoms with van der Waals surface area (Å²) < 4.78 is 10.4. The Balaban J connectivity index is 2.02. The third kappa shape index (κ3) is 4.12. The molecule has 0 heterocycles. The van der Waals surface area contributed by atoms with Gasteiger partial charge in [-0.15, -0.1) is 0 Å². The van der Waals surface area contributed by atoms with Crippen LogP contribution < -0.4 is 4.74 Å². The van der Waals surface area contributed by atoms with Crippen LogP contribution in [-0.4, -0.2) is 19.0 Å². The molecule has 0 unspecified atom stereocenters. The fourth-order valence-corrected chi connectivity index (χ4v) is 5.99. The van der Waals surface area contributed by atoms with Crippen LogP contribution in [0, 0.1) is 22.7 Å². The number of esters is 2. The van der Waals surface area contributed by atoms with Gasteiger partial charge in [0.2, 0.25) is 0 Å². The fraction of sp³-hybridized carbons (Fsp3) is 0.600. The van der Waals surface area contributed by atoms with Crippen molar-refractivity contribution in [2.45, 2.75) is 66.7 Å². The van der Waals surface area contributed by atoms with E-state index < -0.39 is 0 Å². The van der Waals surface area contributed by atoms with E-state index in [0.717, 1.165) is 18.4 Å². The summed E-state index contributed by atoms with van der Waals surface area (Å²) in [6, 6.07) is 5.21. The largest absolute Gasteiger partial charge is 0.465 e. The van der Waals surface area contributed by atoms with E-state index in [1.54, 1.807) is 12.1 Å². The lowest BCUT2D eigenvalue weighted by atomic mass is 9.48. The van der Waals surface area contributed by atoms with Gasteiger partial charge in [-0.1, -0.05) is 38.8 Å². The van der Waals surface area contributed by atoms with Gasteiger partial charge >= 0.3 is 11.9 Å². The molecule has 0 amide bonds. The molecule has 0 aromatic heterocycles. The second-order valence-corrected chi connectivity index (χ2v) is 9.75. The Morgan fingerprint density at radius 1 is 1.17 bits per heavy atom. The van der Waals surface area contributed by atoms with Gasteiger partial charge < -0.3 is 9.47 Å². The van der Waals surface area contributed by atoms with E-state index in [2.05, 4.69) is 33.8 Å². The van der Waals surface area contributed by atoms with E-state index in [4.69, 9.17) is 9.47 Å². The summed E-state index contributed by atoms with van der Waals surface area (Å²) in [5.74, 6) is 0.787. The molecule has 0 N–H and O–H groups in total. The monoisotopic (exact) mass is 398 g/mol. The first kappa shape index (κ1) is 21.6. The van der Waals surface area contributed by atoms with Gasteiger partial charge in [-0.25, -0.2) is 4.79 Å². The second kappa shape index (κ2) is 7.97. The zero-order chi connectivity index (χ0) is 21.4. The summed E-state index contributed by atoms with van der Waals surface area (Å²) in [5, 5.41) is 0. The first-order valence-electron chi connectivity index (χ1n) is 10.6. The summed E-state index contributed by atoms with van der Waals surface area (Å²) in [6.45, 7) is 10.9. The fourth-order valence-electron chi connectivity index (χ4n) is 5.99. The van der Waals surface area contributed by atoms with Gasteiger partial charge in [0.05, 0.1) is 12.7 Å². The maximum Gasteiger partial charge on any atom is 0.337 e. The molecule has 0 aliphatic heterocycles. The van der Waals surface area contributed by atoms with Crippen molar-refractivity contribution in [1.29, 1.82) is 0 Å². The van der Waals surface area contributed by atoms with Gasteiger partial charge in [0, 0.05) is 6.92 Å². The van der Waals surface area contributed by atoms with Gasteiger partial charge in [-0.2, -0.15) is 0 Å². The van der Waals surface area contributed by atoms with Crippen molar-refractivity contribution in [3.8, 4) is 5.75 Å². The zero-order valence-corrected chi connectivity index (χ0v) is 18.6. The number of ether oxygens (including phenoxy) is 2. The summed E-state index contributed by atoms with van der Waals surface area (Å²) >= 11 is 0. The highest BCUT2D eigenvalue weighted by Gasteiger charge is 2.51. The number of hydrogen-bond donors (Lipinski definition) is 0. The Morgan fingerprint density at radius 2 is 1.90 bits per heavy atom. The molecule has 1 aromatic carbocycles. The summed E-state index contributed by atoms with van der Waals surface area (Å²) in [7, 11) is 1.38. The van der Waals surface area contributed by atoms with E-state index in [0.29, 0.717) is 28.6 Å². The predicted octanol–water partition coefficient (Wildman–Crippen LogP) is 5.74. The van der Waals surface area contributed by atoms with Crippen molar-refractivity contribution in [3.63, 3.8) is 0 Å². The molecule has 2 aliphatic rings. The quantitative estimate of drug-likeness (QED) is 0.369. The van der Waals surface area contributed by atoms with Crippen LogP contribution in [0.15, 0.2) is 29.8 Å². The molecular formula is C25H34O4. The molecular weight excluding hydrogens is 364 g/mol. The van der Waals surface area contributed by atoms with Crippen molar-refractivity contribution in [2.24, 2.45) is 22.7 Å². The van der Waals surface area contributed by atoms with Crippen molar-refractivity contribution in [3.05, 3.63) is 41.0 Å². The molecule has 4 heteroatoms. The van der Waals surface area contributed by atoms with Crippen molar-refractivity contribution >= 4 is 11.9 Å². The van der Waals surface area contributed by atoms with Crippen LogP contribution in [0.2, 0.25) is 0 Å². The van der Waals surface area contributed by atoms with E-state index >= 15 is 0 Å². The zero-order valence-electron chi connectivity index (χ0n) is 18.6.